The third-order valence-electron chi connectivity index (χ3n) is 3.72. The number of hydrogen-bond donors (Lipinski definition) is 0. The summed E-state index contributed by atoms with van der Waals surface area (Å²) in [4.78, 5) is 0. The van der Waals surface area contributed by atoms with E-state index in [1.165, 1.54) is 44.9 Å². The van der Waals surface area contributed by atoms with Crippen LogP contribution in [0.1, 0.15) is 121 Å². The SMILES string of the molecule is CCCCCCCCCC[Si](OC(C)(C)C)(OC(C)(C)C)OC(C)(C)C. The highest BCUT2D eigenvalue weighted by atomic mass is 28.4. The first-order chi connectivity index (χ1) is 11.7. The molecule has 0 aliphatic carbocycles. The molecule has 3 nitrogen and oxygen atoms in total. The molecule has 0 aromatic rings. The Bertz CT molecular complexity index is 320. The van der Waals surface area contributed by atoms with Gasteiger partial charge in [-0.1, -0.05) is 51.9 Å². The monoisotopic (exact) mass is 388 g/mol. The minimum Gasteiger partial charge on any atom is -0.368 e. The molecule has 0 atom stereocenters. The van der Waals surface area contributed by atoms with Gasteiger partial charge in [-0.25, -0.2) is 0 Å². The lowest BCUT2D eigenvalue weighted by molar-refractivity contribution is -0.0755. The predicted molar refractivity (Wildman–Crippen MR) is 116 cm³/mol. The van der Waals surface area contributed by atoms with Crippen LogP contribution in [-0.4, -0.2) is 25.6 Å². The van der Waals surface area contributed by atoms with Crippen LogP contribution < -0.4 is 0 Å². The highest BCUT2D eigenvalue weighted by Crippen LogP contribution is 2.33. The smallest absolute Gasteiger partial charge is 0.368 e. The molecule has 0 amide bonds. The van der Waals surface area contributed by atoms with Crippen molar-refractivity contribution in [2.75, 3.05) is 0 Å². The van der Waals surface area contributed by atoms with Gasteiger partial charge in [-0.05, 0) is 68.7 Å². The summed E-state index contributed by atoms with van der Waals surface area (Å²) >= 11 is 0. The second-order valence-corrected chi connectivity index (χ2v) is 13.0. The first kappa shape index (κ1) is 26.1. The van der Waals surface area contributed by atoms with Crippen LogP contribution >= 0.6 is 0 Å². The molecule has 0 spiro atoms. The molecule has 4 heteroatoms. The average molecular weight is 389 g/mol. The molecule has 0 heterocycles. The maximum absolute atomic E-state index is 6.53. The molecule has 0 saturated heterocycles. The second-order valence-electron chi connectivity index (χ2n) is 10.6. The van der Waals surface area contributed by atoms with Crippen LogP contribution in [0, 0.1) is 0 Å². The molecule has 0 aromatic carbocycles. The van der Waals surface area contributed by atoms with E-state index in [0.717, 1.165) is 12.5 Å². The van der Waals surface area contributed by atoms with Crippen LogP contribution in [0.4, 0.5) is 0 Å². The Morgan fingerprint density at radius 1 is 0.500 bits per heavy atom. The van der Waals surface area contributed by atoms with Gasteiger partial charge in [0.2, 0.25) is 0 Å². The number of unbranched alkanes of at least 4 members (excludes halogenated alkanes) is 7. The maximum Gasteiger partial charge on any atom is 0.502 e. The Kier molecular flexibility index (Phi) is 11.2. The van der Waals surface area contributed by atoms with Gasteiger partial charge in [-0.15, -0.1) is 0 Å². The van der Waals surface area contributed by atoms with Crippen molar-refractivity contribution >= 4 is 8.80 Å². The molecule has 0 N–H and O–H groups in total. The van der Waals surface area contributed by atoms with Crippen molar-refractivity contribution in [2.24, 2.45) is 0 Å². The summed E-state index contributed by atoms with van der Waals surface area (Å²) in [5.41, 5.74) is -0.825. The molecular formula is C22H48O3Si. The van der Waals surface area contributed by atoms with Crippen LogP contribution in [-0.2, 0) is 13.3 Å². The summed E-state index contributed by atoms with van der Waals surface area (Å²) in [6, 6.07) is 0.897. The first-order valence-electron chi connectivity index (χ1n) is 10.8. The van der Waals surface area contributed by atoms with Gasteiger partial charge in [0, 0.05) is 6.04 Å². The van der Waals surface area contributed by atoms with Gasteiger partial charge in [0.15, 0.2) is 0 Å². The van der Waals surface area contributed by atoms with Crippen LogP contribution in [0.25, 0.3) is 0 Å². The van der Waals surface area contributed by atoms with E-state index < -0.39 is 8.80 Å². The number of hydrogen-bond acceptors (Lipinski definition) is 3. The van der Waals surface area contributed by atoms with Gasteiger partial charge in [-0.2, -0.15) is 0 Å². The van der Waals surface area contributed by atoms with Crippen LogP contribution in [0.15, 0.2) is 0 Å². The van der Waals surface area contributed by atoms with Crippen LogP contribution in [0.2, 0.25) is 6.04 Å². The highest BCUT2D eigenvalue weighted by Gasteiger charge is 2.49. The maximum atomic E-state index is 6.53. The Morgan fingerprint density at radius 2 is 0.808 bits per heavy atom. The Hall–Kier alpha value is 0.0969. The van der Waals surface area contributed by atoms with E-state index in [2.05, 4.69) is 69.2 Å². The van der Waals surface area contributed by atoms with Gasteiger partial charge < -0.3 is 13.3 Å². The van der Waals surface area contributed by atoms with Gasteiger partial charge in [0.05, 0.1) is 16.8 Å². The molecular weight excluding hydrogens is 340 g/mol. The largest absolute Gasteiger partial charge is 0.502 e. The fraction of sp³-hybridized carbons (Fsp3) is 1.00. The highest BCUT2D eigenvalue weighted by molar-refractivity contribution is 6.61. The Balaban J connectivity index is 4.88. The summed E-state index contributed by atoms with van der Waals surface area (Å²) in [6.07, 6.45) is 10.4. The van der Waals surface area contributed by atoms with Crippen molar-refractivity contribution in [1.82, 2.24) is 0 Å². The summed E-state index contributed by atoms with van der Waals surface area (Å²) in [7, 11) is -2.78. The summed E-state index contributed by atoms with van der Waals surface area (Å²) in [5.74, 6) is 0. The van der Waals surface area contributed by atoms with Gasteiger partial charge in [-0.3, -0.25) is 0 Å². The molecule has 0 unspecified atom stereocenters. The zero-order valence-corrected chi connectivity index (χ0v) is 20.6. The molecule has 0 aliphatic heterocycles. The van der Waals surface area contributed by atoms with E-state index in [0.29, 0.717) is 0 Å². The molecule has 0 bridgehead atoms. The quantitative estimate of drug-likeness (QED) is 0.256. The Labute approximate surface area is 165 Å². The molecule has 0 fully saturated rings. The zero-order chi connectivity index (χ0) is 20.5. The topological polar surface area (TPSA) is 27.7 Å². The normalized spacial score (nSPS) is 14.1. The third kappa shape index (κ3) is 15.2. The van der Waals surface area contributed by atoms with E-state index in [4.69, 9.17) is 13.3 Å². The summed E-state index contributed by atoms with van der Waals surface area (Å²) in [5, 5.41) is 0. The van der Waals surface area contributed by atoms with E-state index in [1.54, 1.807) is 0 Å². The minimum absolute atomic E-state index is 0.275. The fourth-order valence-electron chi connectivity index (χ4n) is 3.09. The van der Waals surface area contributed by atoms with Crippen LogP contribution in [0.3, 0.4) is 0 Å². The predicted octanol–water partition coefficient (Wildman–Crippen LogP) is 7.51. The summed E-state index contributed by atoms with van der Waals surface area (Å²) < 4.78 is 19.6. The van der Waals surface area contributed by atoms with Crippen molar-refractivity contribution < 1.29 is 13.3 Å². The molecule has 0 rings (SSSR count). The molecule has 0 saturated carbocycles. The van der Waals surface area contributed by atoms with Gasteiger partial charge >= 0.3 is 8.80 Å². The second kappa shape index (κ2) is 11.2. The van der Waals surface area contributed by atoms with Crippen LogP contribution in [0.5, 0.6) is 0 Å². The van der Waals surface area contributed by atoms with Crippen molar-refractivity contribution in [3.05, 3.63) is 0 Å². The minimum atomic E-state index is -2.78. The van der Waals surface area contributed by atoms with E-state index in [9.17, 15) is 0 Å². The number of rotatable bonds is 12. The van der Waals surface area contributed by atoms with Gasteiger partial charge in [0.1, 0.15) is 0 Å². The van der Waals surface area contributed by atoms with E-state index in [1.807, 2.05) is 0 Å². The fourth-order valence-corrected chi connectivity index (χ4v) is 7.00. The molecule has 158 valence electrons. The van der Waals surface area contributed by atoms with E-state index in [-0.39, 0.29) is 16.8 Å². The van der Waals surface area contributed by atoms with Gasteiger partial charge in [0.25, 0.3) is 0 Å². The van der Waals surface area contributed by atoms with Crippen molar-refractivity contribution in [2.45, 2.75) is 143 Å². The van der Waals surface area contributed by atoms with E-state index >= 15 is 0 Å². The summed E-state index contributed by atoms with van der Waals surface area (Å²) in [6.45, 7) is 21.1. The average Bonchev–Trinajstić information content (AvgIpc) is 2.35. The Morgan fingerprint density at radius 3 is 1.12 bits per heavy atom. The lowest BCUT2D eigenvalue weighted by Crippen LogP contribution is -2.57. The first-order valence-corrected chi connectivity index (χ1v) is 12.7. The molecule has 0 radical (unpaired) electrons. The van der Waals surface area contributed by atoms with Crippen molar-refractivity contribution in [3.8, 4) is 0 Å². The van der Waals surface area contributed by atoms with Crippen molar-refractivity contribution in [3.63, 3.8) is 0 Å². The molecule has 0 aliphatic rings. The molecule has 0 aromatic heterocycles. The lowest BCUT2D eigenvalue weighted by Gasteiger charge is -2.43. The van der Waals surface area contributed by atoms with Crippen molar-refractivity contribution in [1.29, 1.82) is 0 Å². The molecule has 26 heavy (non-hydrogen) atoms. The standard InChI is InChI=1S/C22H48O3Si/c1-11-12-13-14-15-16-17-18-19-26(23-20(2,3)4,24-21(5,6)7)25-22(8,9)10/h11-19H2,1-10H3. The lowest BCUT2D eigenvalue weighted by atomic mass is 10.1. The zero-order valence-electron chi connectivity index (χ0n) is 19.6. The third-order valence-corrected chi connectivity index (χ3v) is 7.46.